The van der Waals surface area contributed by atoms with Crippen molar-refractivity contribution in [1.29, 1.82) is 0 Å². The van der Waals surface area contributed by atoms with Gasteiger partial charge in [0.25, 0.3) is 0 Å². The summed E-state index contributed by atoms with van der Waals surface area (Å²) in [5.41, 5.74) is 3.55. The molecule has 2 saturated heterocycles. The zero-order valence-corrected chi connectivity index (χ0v) is 18.1. The number of fused-ring (bicyclic) bond motifs is 1. The molecule has 5 rings (SSSR count). The lowest BCUT2D eigenvalue weighted by Crippen LogP contribution is -2.43. The third kappa shape index (κ3) is 4.26. The summed E-state index contributed by atoms with van der Waals surface area (Å²) in [7, 11) is 0. The molecular formula is C25H29ClN4. The number of para-hydroxylation sites is 1. The molecule has 0 saturated carbocycles. The van der Waals surface area contributed by atoms with Gasteiger partial charge in [0.15, 0.2) is 0 Å². The summed E-state index contributed by atoms with van der Waals surface area (Å²) in [5.74, 6) is 0.931. The molecule has 30 heavy (non-hydrogen) atoms. The summed E-state index contributed by atoms with van der Waals surface area (Å²) in [5, 5.41) is 5.53. The van der Waals surface area contributed by atoms with Crippen molar-refractivity contribution in [1.82, 2.24) is 9.88 Å². The highest BCUT2D eigenvalue weighted by Crippen LogP contribution is 2.32. The molecule has 1 N–H and O–H groups in total. The number of nitrogens with one attached hydrogen (secondary N) is 1. The second kappa shape index (κ2) is 8.83. The van der Waals surface area contributed by atoms with Gasteiger partial charge in [-0.05, 0) is 62.5 Å². The monoisotopic (exact) mass is 420 g/mol. The van der Waals surface area contributed by atoms with Crippen LogP contribution in [0.5, 0.6) is 0 Å². The number of rotatable bonds is 5. The van der Waals surface area contributed by atoms with Gasteiger partial charge >= 0.3 is 0 Å². The Kier molecular flexibility index (Phi) is 5.78. The maximum absolute atomic E-state index is 6.01. The molecule has 0 spiro atoms. The molecule has 3 aromatic rings. The largest absolute Gasteiger partial charge is 0.371 e. The number of likely N-dealkylation sites (tertiary alicyclic amines) is 1. The van der Waals surface area contributed by atoms with Crippen LogP contribution in [-0.4, -0.2) is 42.1 Å². The van der Waals surface area contributed by atoms with Crippen LogP contribution in [0.4, 0.5) is 11.5 Å². The number of hydrogen-bond acceptors (Lipinski definition) is 4. The molecule has 0 amide bonds. The third-order valence-electron chi connectivity index (χ3n) is 6.54. The zero-order valence-electron chi connectivity index (χ0n) is 17.4. The summed E-state index contributed by atoms with van der Waals surface area (Å²) in [6.45, 7) is 5.56. The minimum absolute atomic E-state index is 0.735. The fourth-order valence-electron chi connectivity index (χ4n) is 4.88. The predicted octanol–water partition coefficient (Wildman–Crippen LogP) is 5.56. The van der Waals surface area contributed by atoms with Gasteiger partial charge in [-0.25, -0.2) is 4.98 Å². The van der Waals surface area contributed by atoms with E-state index in [0.29, 0.717) is 0 Å². The molecular weight excluding hydrogens is 392 g/mol. The lowest BCUT2D eigenvalue weighted by Gasteiger charge is -2.38. The van der Waals surface area contributed by atoms with Gasteiger partial charge in [0.05, 0.1) is 5.52 Å². The van der Waals surface area contributed by atoms with Crippen molar-refractivity contribution in [2.24, 2.45) is 0 Å². The maximum atomic E-state index is 6.01. The fourth-order valence-corrected chi connectivity index (χ4v) is 5.01. The Balaban J connectivity index is 1.35. The first-order valence-corrected chi connectivity index (χ1v) is 11.5. The Morgan fingerprint density at radius 1 is 0.933 bits per heavy atom. The van der Waals surface area contributed by atoms with Crippen LogP contribution in [0.1, 0.15) is 31.2 Å². The zero-order chi connectivity index (χ0) is 20.3. The number of benzene rings is 2. The molecule has 2 aromatic carbocycles. The van der Waals surface area contributed by atoms with E-state index < -0.39 is 0 Å². The molecule has 2 fully saturated rings. The average Bonchev–Trinajstić information content (AvgIpc) is 3.33. The maximum Gasteiger partial charge on any atom is 0.129 e. The quantitative estimate of drug-likeness (QED) is 0.585. The van der Waals surface area contributed by atoms with Crippen LogP contribution in [-0.2, 0) is 6.54 Å². The second-order valence-corrected chi connectivity index (χ2v) is 8.92. The topological polar surface area (TPSA) is 31.4 Å². The number of aromatic nitrogens is 1. The van der Waals surface area contributed by atoms with Crippen LogP contribution in [0, 0.1) is 0 Å². The highest BCUT2D eigenvalue weighted by Gasteiger charge is 2.27. The van der Waals surface area contributed by atoms with Crippen molar-refractivity contribution in [3.63, 3.8) is 0 Å². The molecule has 0 aliphatic carbocycles. The summed E-state index contributed by atoms with van der Waals surface area (Å²) >= 11 is 6.01. The first-order chi connectivity index (χ1) is 14.8. The summed E-state index contributed by atoms with van der Waals surface area (Å²) in [6, 6.07) is 19.5. The predicted molar refractivity (Wildman–Crippen MR) is 127 cm³/mol. The number of piperidine rings is 1. The number of halogens is 1. The lowest BCUT2D eigenvalue weighted by atomic mass is 10.0. The summed E-state index contributed by atoms with van der Waals surface area (Å²) in [4.78, 5) is 10.1. The SMILES string of the molecule is Clc1ccc(CNc2cc(N3CCC(N4CCCC4)CC3)c3ccccc3n2)cc1. The van der Waals surface area contributed by atoms with Gasteiger partial charge in [-0.1, -0.05) is 41.9 Å². The van der Waals surface area contributed by atoms with Crippen LogP contribution >= 0.6 is 11.6 Å². The number of hydrogen-bond donors (Lipinski definition) is 1. The average molecular weight is 421 g/mol. The van der Waals surface area contributed by atoms with Crippen molar-refractivity contribution < 1.29 is 0 Å². The lowest BCUT2D eigenvalue weighted by molar-refractivity contribution is 0.208. The molecule has 0 unspecified atom stereocenters. The fraction of sp³-hybridized carbons (Fsp3) is 0.400. The van der Waals surface area contributed by atoms with Gasteiger partial charge < -0.3 is 15.1 Å². The minimum Gasteiger partial charge on any atom is -0.371 e. The molecule has 0 radical (unpaired) electrons. The van der Waals surface area contributed by atoms with E-state index in [0.717, 1.165) is 42.0 Å². The van der Waals surface area contributed by atoms with Gasteiger partial charge in [-0.2, -0.15) is 0 Å². The second-order valence-electron chi connectivity index (χ2n) is 8.49. The van der Waals surface area contributed by atoms with E-state index in [1.165, 1.54) is 55.4 Å². The Hall–Kier alpha value is -2.30. The molecule has 156 valence electrons. The Morgan fingerprint density at radius 2 is 1.67 bits per heavy atom. The van der Waals surface area contributed by atoms with E-state index in [4.69, 9.17) is 16.6 Å². The smallest absolute Gasteiger partial charge is 0.129 e. The van der Waals surface area contributed by atoms with Crippen molar-refractivity contribution in [3.05, 3.63) is 65.2 Å². The first-order valence-electron chi connectivity index (χ1n) is 11.1. The van der Waals surface area contributed by atoms with E-state index in [1.54, 1.807) is 0 Å². The Labute approximate surface area is 183 Å². The number of pyridine rings is 1. The van der Waals surface area contributed by atoms with Gasteiger partial charge in [-0.3, -0.25) is 0 Å². The minimum atomic E-state index is 0.735. The van der Waals surface area contributed by atoms with Crippen LogP contribution in [0.15, 0.2) is 54.6 Å². The first kappa shape index (κ1) is 19.7. The molecule has 0 bridgehead atoms. The van der Waals surface area contributed by atoms with Crippen molar-refractivity contribution in [3.8, 4) is 0 Å². The third-order valence-corrected chi connectivity index (χ3v) is 6.80. The number of anilines is 2. The molecule has 1 aromatic heterocycles. The van der Waals surface area contributed by atoms with Gasteiger partial charge in [0, 0.05) is 47.8 Å². The van der Waals surface area contributed by atoms with Gasteiger partial charge in [0.1, 0.15) is 5.82 Å². The molecule has 0 atom stereocenters. The van der Waals surface area contributed by atoms with Crippen LogP contribution < -0.4 is 10.2 Å². The Morgan fingerprint density at radius 3 is 2.43 bits per heavy atom. The van der Waals surface area contributed by atoms with Crippen molar-refractivity contribution in [2.75, 3.05) is 36.4 Å². The standard InChI is InChI=1S/C25H29ClN4/c26-20-9-7-19(8-10-20)18-27-25-17-24(22-5-1-2-6-23(22)28-25)30-15-11-21(12-16-30)29-13-3-4-14-29/h1-2,5-10,17,21H,3-4,11-16,18H2,(H,27,28). The van der Waals surface area contributed by atoms with E-state index >= 15 is 0 Å². The molecule has 3 heterocycles. The van der Waals surface area contributed by atoms with E-state index in [1.807, 2.05) is 12.1 Å². The van der Waals surface area contributed by atoms with E-state index in [-0.39, 0.29) is 0 Å². The van der Waals surface area contributed by atoms with Crippen LogP contribution in [0.2, 0.25) is 5.02 Å². The highest BCUT2D eigenvalue weighted by atomic mass is 35.5. The van der Waals surface area contributed by atoms with Crippen molar-refractivity contribution in [2.45, 2.75) is 38.3 Å². The van der Waals surface area contributed by atoms with Gasteiger partial charge in [0.2, 0.25) is 0 Å². The summed E-state index contributed by atoms with van der Waals surface area (Å²) < 4.78 is 0. The van der Waals surface area contributed by atoms with Gasteiger partial charge in [-0.15, -0.1) is 0 Å². The van der Waals surface area contributed by atoms with Crippen molar-refractivity contribution >= 4 is 34.0 Å². The molecule has 2 aliphatic rings. The highest BCUT2D eigenvalue weighted by molar-refractivity contribution is 6.30. The number of nitrogens with zero attached hydrogens (tertiary/aromatic N) is 3. The van der Waals surface area contributed by atoms with Crippen LogP contribution in [0.3, 0.4) is 0 Å². The van der Waals surface area contributed by atoms with E-state index in [2.05, 4.69) is 57.6 Å². The Bertz CT molecular complexity index is 990. The molecule has 5 heteroatoms. The molecule has 4 nitrogen and oxygen atoms in total. The normalized spacial score (nSPS) is 18.2. The summed E-state index contributed by atoms with van der Waals surface area (Å²) in [6.07, 6.45) is 5.25. The molecule has 2 aliphatic heterocycles. The van der Waals surface area contributed by atoms with E-state index in [9.17, 15) is 0 Å². The van der Waals surface area contributed by atoms with Crippen LogP contribution in [0.25, 0.3) is 10.9 Å².